The summed E-state index contributed by atoms with van der Waals surface area (Å²) in [4.78, 5) is 12.1. The summed E-state index contributed by atoms with van der Waals surface area (Å²) in [5, 5.41) is 22.7. The average molecular weight is 508 g/mol. The second-order valence-electron chi connectivity index (χ2n) is 10.8. The van der Waals surface area contributed by atoms with Crippen molar-refractivity contribution in [3.63, 3.8) is 0 Å². The lowest BCUT2D eigenvalue weighted by Crippen LogP contribution is -2.10. The molecule has 0 spiro atoms. The molecule has 4 aromatic rings. The minimum atomic E-state index is -0.960. The summed E-state index contributed by atoms with van der Waals surface area (Å²) in [7, 11) is 1.84. The third-order valence-electron chi connectivity index (χ3n) is 8.14. The summed E-state index contributed by atoms with van der Waals surface area (Å²) in [6, 6.07) is 16.9. The molecule has 2 aromatic carbocycles. The number of carboxylic acid groups (broad SMARTS) is 1. The standard InChI is InChI=1S/C31H33N5O2/c1-20(22-9-4-3-5-10-22)14-21-8-6-11-23(15-21)24-12-7-13-25(16-24)36-30(28(18-32-36)31(37)38)27-17-26(27)29-19-35(2)34-33-29/h6-8,11-13,15-16,18-19,22,26-27H,1,3-5,9-10,14,17H2,2H3,(H,37,38)/t26-,27-/m1/s1. The molecule has 0 saturated heterocycles. The van der Waals surface area contributed by atoms with Crippen LogP contribution in [0.2, 0.25) is 0 Å². The van der Waals surface area contributed by atoms with E-state index in [9.17, 15) is 9.90 Å². The Balaban J connectivity index is 1.28. The van der Waals surface area contributed by atoms with Crippen LogP contribution in [0.25, 0.3) is 16.8 Å². The Hall–Kier alpha value is -4.00. The molecule has 0 radical (unpaired) electrons. The molecular formula is C31H33N5O2. The van der Waals surface area contributed by atoms with Gasteiger partial charge < -0.3 is 5.11 Å². The molecule has 2 aromatic heterocycles. The number of benzene rings is 2. The molecule has 38 heavy (non-hydrogen) atoms. The number of hydrogen-bond acceptors (Lipinski definition) is 4. The van der Waals surface area contributed by atoms with Crippen LogP contribution in [0.4, 0.5) is 0 Å². The number of aryl methyl sites for hydroxylation is 1. The molecule has 1 N–H and O–H groups in total. The van der Waals surface area contributed by atoms with E-state index in [4.69, 9.17) is 0 Å². The first-order valence-electron chi connectivity index (χ1n) is 13.5. The molecule has 2 heterocycles. The van der Waals surface area contributed by atoms with Crippen LogP contribution in [-0.2, 0) is 13.5 Å². The highest BCUT2D eigenvalue weighted by atomic mass is 16.4. The van der Waals surface area contributed by atoms with Crippen LogP contribution < -0.4 is 0 Å². The number of carbonyl (C=O) groups is 1. The lowest BCUT2D eigenvalue weighted by atomic mass is 9.82. The summed E-state index contributed by atoms with van der Waals surface area (Å²) >= 11 is 0. The molecule has 2 atom stereocenters. The zero-order valence-electron chi connectivity index (χ0n) is 21.8. The molecule has 0 unspecified atom stereocenters. The number of nitrogens with zero attached hydrogens (tertiary/aromatic N) is 5. The van der Waals surface area contributed by atoms with Crippen molar-refractivity contribution < 1.29 is 9.90 Å². The molecule has 7 heteroatoms. The van der Waals surface area contributed by atoms with E-state index < -0.39 is 5.97 Å². The van der Waals surface area contributed by atoms with Crippen LogP contribution in [0, 0.1) is 5.92 Å². The van der Waals surface area contributed by atoms with Gasteiger partial charge in [0.05, 0.1) is 23.3 Å². The van der Waals surface area contributed by atoms with Gasteiger partial charge in [-0.25, -0.2) is 9.48 Å². The number of aromatic carboxylic acids is 1. The van der Waals surface area contributed by atoms with Crippen LogP contribution in [0.3, 0.4) is 0 Å². The average Bonchev–Trinajstić information content (AvgIpc) is 3.38. The smallest absolute Gasteiger partial charge is 0.339 e. The Labute approximate surface area is 222 Å². The van der Waals surface area contributed by atoms with Crippen LogP contribution in [-0.4, -0.2) is 35.9 Å². The van der Waals surface area contributed by atoms with Crippen LogP contribution in [0.15, 0.2) is 73.1 Å². The third-order valence-corrected chi connectivity index (χ3v) is 8.14. The maximum atomic E-state index is 12.1. The fourth-order valence-corrected chi connectivity index (χ4v) is 6.04. The van der Waals surface area contributed by atoms with Crippen molar-refractivity contribution in [1.29, 1.82) is 0 Å². The second kappa shape index (κ2) is 10.0. The zero-order chi connectivity index (χ0) is 26.2. The number of aromatic nitrogens is 5. The number of hydrogen-bond donors (Lipinski definition) is 1. The third kappa shape index (κ3) is 4.80. The molecule has 6 rings (SSSR count). The minimum absolute atomic E-state index is 0.0399. The molecule has 0 aliphatic heterocycles. The molecule has 2 aliphatic carbocycles. The summed E-state index contributed by atoms with van der Waals surface area (Å²) in [6.45, 7) is 4.44. The van der Waals surface area contributed by atoms with Gasteiger partial charge >= 0.3 is 5.97 Å². The SMILES string of the molecule is C=C(Cc1cccc(-c2cccc(-n3ncc(C(=O)O)c3[C@@H]3C[C@H]3c3cn(C)nn3)c2)c1)C1CCCCC1. The predicted molar refractivity (Wildman–Crippen MR) is 146 cm³/mol. The van der Waals surface area contributed by atoms with Crippen LogP contribution in [0.1, 0.15) is 77.7 Å². The van der Waals surface area contributed by atoms with E-state index in [1.807, 2.05) is 25.4 Å². The first-order valence-corrected chi connectivity index (χ1v) is 13.5. The fraction of sp³-hybridized carbons (Fsp3) is 0.355. The van der Waals surface area contributed by atoms with Crippen molar-refractivity contribution in [2.75, 3.05) is 0 Å². The van der Waals surface area contributed by atoms with Crippen molar-refractivity contribution in [1.82, 2.24) is 24.8 Å². The van der Waals surface area contributed by atoms with E-state index >= 15 is 0 Å². The summed E-state index contributed by atoms with van der Waals surface area (Å²) in [5.41, 5.74) is 7.55. The normalized spacial score (nSPS) is 19.4. The Morgan fingerprint density at radius 1 is 1.05 bits per heavy atom. The highest BCUT2D eigenvalue weighted by molar-refractivity contribution is 5.89. The summed E-state index contributed by atoms with van der Waals surface area (Å²) in [6.07, 6.45) is 11.6. The quantitative estimate of drug-likeness (QED) is 0.282. The highest BCUT2D eigenvalue weighted by Crippen LogP contribution is 2.55. The van der Waals surface area contributed by atoms with Crippen molar-refractivity contribution in [2.45, 2.75) is 56.8 Å². The highest BCUT2D eigenvalue weighted by Gasteiger charge is 2.46. The maximum Gasteiger partial charge on any atom is 0.339 e. The molecule has 2 saturated carbocycles. The molecule has 2 aliphatic rings. The molecule has 0 bridgehead atoms. The van der Waals surface area contributed by atoms with E-state index in [1.54, 1.807) is 9.36 Å². The monoisotopic (exact) mass is 507 g/mol. The van der Waals surface area contributed by atoms with Gasteiger partial charge in [-0.05, 0) is 60.4 Å². The molecule has 2 fully saturated rings. The van der Waals surface area contributed by atoms with E-state index in [2.05, 4.69) is 58.4 Å². The van der Waals surface area contributed by atoms with Crippen LogP contribution >= 0.6 is 0 Å². The molecule has 0 amide bonds. The van der Waals surface area contributed by atoms with Gasteiger partial charge in [0.2, 0.25) is 0 Å². The lowest BCUT2D eigenvalue weighted by Gasteiger charge is -2.24. The second-order valence-corrected chi connectivity index (χ2v) is 10.8. The first kappa shape index (κ1) is 24.3. The molecular weight excluding hydrogens is 474 g/mol. The van der Waals surface area contributed by atoms with Gasteiger partial charge in [0, 0.05) is 25.1 Å². The Kier molecular flexibility index (Phi) is 6.44. The van der Waals surface area contributed by atoms with E-state index in [0.29, 0.717) is 5.92 Å². The maximum absolute atomic E-state index is 12.1. The minimum Gasteiger partial charge on any atom is -0.478 e. The Morgan fingerprint density at radius 2 is 1.82 bits per heavy atom. The lowest BCUT2D eigenvalue weighted by molar-refractivity contribution is 0.0695. The van der Waals surface area contributed by atoms with Gasteiger partial charge in [0.1, 0.15) is 5.56 Å². The van der Waals surface area contributed by atoms with Gasteiger partial charge in [0.15, 0.2) is 0 Å². The largest absolute Gasteiger partial charge is 0.478 e. The van der Waals surface area contributed by atoms with E-state index in [0.717, 1.165) is 41.0 Å². The number of allylic oxidation sites excluding steroid dienone is 1. The van der Waals surface area contributed by atoms with Crippen molar-refractivity contribution in [3.05, 3.63) is 95.6 Å². The van der Waals surface area contributed by atoms with E-state index in [1.165, 1.54) is 49.4 Å². The van der Waals surface area contributed by atoms with Gasteiger partial charge in [-0.2, -0.15) is 5.10 Å². The predicted octanol–water partition coefficient (Wildman–Crippen LogP) is 6.32. The molecule has 194 valence electrons. The zero-order valence-corrected chi connectivity index (χ0v) is 21.8. The topological polar surface area (TPSA) is 85.8 Å². The van der Waals surface area contributed by atoms with Gasteiger partial charge in [-0.3, -0.25) is 4.68 Å². The summed E-state index contributed by atoms with van der Waals surface area (Å²) < 4.78 is 3.48. The van der Waals surface area contributed by atoms with Crippen molar-refractivity contribution in [2.24, 2.45) is 13.0 Å². The number of carboxylic acids is 1. The van der Waals surface area contributed by atoms with Crippen LogP contribution in [0.5, 0.6) is 0 Å². The summed E-state index contributed by atoms with van der Waals surface area (Å²) in [5.74, 6) is -0.129. The Bertz CT molecular complexity index is 1490. The van der Waals surface area contributed by atoms with Gasteiger partial charge in [0.25, 0.3) is 0 Å². The van der Waals surface area contributed by atoms with Crippen molar-refractivity contribution >= 4 is 5.97 Å². The molecule has 7 nitrogen and oxygen atoms in total. The van der Waals surface area contributed by atoms with Gasteiger partial charge in [-0.1, -0.05) is 73.0 Å². The van der Waals surface area contributed by atoms with E-state index in [-0.39, 0.29) is 17.4 Å². The fourth-order valence-electron chi connectivity index (χ4n) is 6.04. The first-order chi connectivity index (χ1) is 18.5. The Morgan fingerprint density at radius 3 is 2.55 bits per heavy atom. The van der Waals surface area contributed by atoms with Crippen molar-refractivity contribution in [3.8, 4) is 16.8 Å². The number of rotatable bonds is 8. The van der Waals surface area contributed by atoms with Gasteiger partial charge in [-0.15, -0.1) is 5.10 Å².